The van der Waals surface area contributed by atoms with Gasteiger partial charge in [-0.05, 0) is 53.9 Å². The van der Waals surface area contributed by atoms with E-state index >= 15 is 0 Å². The second-order valence-electron chi connectivity index (χ2n) is 7.97. The number of anilines is 1. The molecule has 1 aliphatic rings. The van der Waals surface area contributed by atoms with Crippen molar-refractivity contribution in [1.82, 2.24) is 19.0 Å². The van der Waals surface area contributed by atoms with Crippen LogP contribution in [-0.4, -0.2) is 39.8 Å². The fourth-order valence-electron chi connectivity index (χ4n) is 4.03. The summed E-state index contributed by atoms with van der Waals surface area (Å²) in [5.41, 5.74) is 10.2. The highest BCUT2D eigenvalue weighted by atomic mass is 32.2. The predicted molar refractivity (Wildman–Crippen MR) is 123 cm³/mol. The summed E-state index contributed by atoms with van der Waals surface area (Å²) in [6.07, 6.45) is 6.09. The van der Waals surface area contributed by atoms with Gasteiger partial charge in [0.05, 0.1) is 29.5 Å². The SMILES string of the molecule is Cn1cc(-c2ccc(N3CCc4cnn(S(=O)(=O)c5ccc(C(N)=O)cc5)c4C3)cc2)cn1. The van der Waals surface area contributed by atoms with Crippen LogP contribution in [0.3, 0.4) is 0 Å². The first-order valence-corrected chi connectivity index (χ1v) is 11.8. The fourth-order valence-corrected chi connectivity index (χ4v) is 5.34. The number of nitrogens with zero attached hydrogens (tertiary/aromatic N) is 5. The summed E-state index contributed by atoms with van der Waals surface area (Å²) in [5.74, 6) is -0.611. The van der Waals surface area contributed by atoms with E-state index in [1.54, 1.807) is 10.9 Å². The molecule has 0 aliphatic carbocycles. The number of hydrogen-bond acceptors (Lipinski definition) is 6. The van der Waals surface area contributed by atoms with Crippen LogP contribution in [0.15, 0.2) is 72.0 Å². The lowest BCUT2D eigenvalue weighted by Gasteiger charge is -2.29. The van der Waals surface area contributed by atoms with Crippen molar-refractivity contribution in [2.45, 2.75) is 17.9 Å². The molecular weight excluding hydrogens is 440 g/mol. The van der Waals surface area contributed by atoms with E-state index in [9.17, 15) is 13.2 Å². The van der Waals surface area contributed by atoms with E-state index < -0.39 is 15.9 Å². The summed E-state index contributed by atoms with van der Waals surface area (Å²) >= 11 is 0. The Morgan fingerprint density at radius 2 is 1.70 bits per heavy atom. The van der Waals surface area contributed by atoms with Crippen LogP contribution in [0.4, 0.5) is 5.69 Å². The minimum absolute atomic E-state index is 0.0522. The molecule has 0 unspecified atom stereocenters. The number of amides is 1. The van der Waals surface area contributed by atoms with Crippen LogP contribution in [0.2, 0.25) is 0 Å². The Hall–Kier alpha value is -3.92. The minimum Gasteiger partial charge on any atom is -0.366 e. The maximum Gasteiger partial charge on any atom is 0.283 e. The smallest absolute Gasteiger partial charge is 0.283 e. The Kier molecular flexibility index (Phi) is 5.01. The molecule has 1 aliphatic heterocycles. The van der Waals surface area contributed by atoms with E-state index in [1.165, 1.54) is 24.3 Å². The molecule has 4 aromatic rings. The summed E-state index contributed by atoms with van der Waals surface area (Å²) < 4.78 is 29.4. The number of aryl methyl sites for hydroxylation is 1. The number of hydrogen-bond donors (Lipinski definition) is 1. The highest BCUT2D eigenvalue weighted by molar-refractivity contribution is 7.89. The second-order valence-corrected chi connectivity index (χ2v) is 9.74. The number of fused-ring (bicyclic) bond motifs is 1. The molecule has 0 saturated carbocycles. The van der Waals surface area contributed by atoms with E-state index in [1.807, 2.05) is 43.7 Å². The molecule has 0 bridgehead atoms. The topological polar surface area (TPSA) is 116 Å². The van der Waals surface area contributed by atoms with Crippen LogP contribution in [0.1, 0.15) is 21.6 Å². The van der Waals surface area contributed by atoms with Gasteiger partial charge in [-0.2, -0.15) is 22.7 Å². The Labute approximate surface area is 191 Å². The molecule has 0 fully saturated rings. The van der Waals surface area contributed by atoms with E-state index in [0.717, 1.165) is 33.0 Å². The highest BCUT2D eigenvalue weighted by Gasteiger charge is 2.28. The first kappa shape index (κ1) is 21.0. The first-order chi connectivity index (χ1) is 15.8. The van der Waals surface area contributed by atoms with Gasteiger partial charge in [-0.25, -0.2) is 0 Å². The lowest BCUT2D eigenvalue weighted by atomic mass is 10.1. The highest BCUT2D eigenvalue weighted by Crippen LogP contribution is 2.29. The molecule has 2 aromatic heterocycles. The van der Waals surface area contributed by atoms with E-state index in [-0.39, 0.29) is 10.5 Å². The van der Waals surface area contributed by atoms with Crippen molar-refractivity contribution in [3.63, 3.8) is 0 Å². The summed E-state index contributed by atoms with van der Waals surface area (Å²) in [5, 5.41) is 8.40. The van der Waals surface area contributed by atoms with Gasteiger partial charge in [-0.3, -0.25) is 9.48 Å². The van der Waals surface area contributed by atoms with Crippen LogP contribution < -0.4 is 10.6 Å². The summed E-state index contributed by atoms with van der Waals surface area (Å²) in [4.78, 5) is 13.5. The zero-order valence-corrected chi connectivity index (χ0v) is 18.7. The van der Waals surface area contributed by atoms with Gasteiger partial charge in [-0.15, -0.1) is 0 Å². The van der Waals surface area contributed by atoms with Gasteiger partial charge in [0.1, 0.15) is 0 Å². The molecule has 0 atom stereocenters. The number of nitrogens with two attached hydrogens (primary N) is 1. The van der Waals surface area contributed by atoms with Crippen molar-refractivity contribution in [2.24, 2.45) is 12.8 Å². The third-order valence-corrected chi connectivity index (χ3v) is 7.48. The van der Waals surface area contributed by atoms with Gasteiger partial charge in [-0.1, -0.05) is 12.1 Å². The van der Waals surface area contributed by atoms with Crippen molar-refractivity contribution < 1.29 is 13.2 Å². The monoisotopic (exact) mass is 462 g/mol. The van der Waals surface area contributed by atoms with Gasteiger partial charge in [0.15, 0.2) is 0 Å². The maximum absolute atomic E-state index is 13.3. The Balaban J connectivity index is 1.42. The van der Waals surface area contributed by atoms with E-state index in [0.29, 0.717) is 18.7 Å². The maximum atomic E-state index is 13.3. The normalized spacial score (nSPS) is 13.7. The Morgan fingerprint density at radius 3 is 2.33 bits per heavy atom. The molecular formula is C23H22N6O3S. The van der Waals surface area contributed by atoms with Crippen LogP contribution in [0.5, 0.6) is 0 Å². The molecule has 3 heterocycles. The molecule has 0 radical (unpaired) electrons. The van der Waals surface area contributed by atoms with Gasteiger partial charge < -0.3 is 10.6 Å². The first-order valence-electron chi connectivity index (χ1n) is 10.4. The number of carbonyl (C=O) groups excluding carboxylic acids is 1. The number of rotatable bonds is 5. The number of primary amides is 1. The van der Waals surface area contributed by atoms with Crippen molar-refractivity contribution in [3.8, 4) is 11.1 Å². The van der Waals surface area contributed by atoms with E-state index in [4.69, 9.17) is 5.73 Å². The average molecular weight is 463 g/mol. The molecule has 2 aromatic carbocycles. The number of aromatic nitrogens is 4. The molecule has 1 amide bonds. The number of benzene rings is 2. The van der Waals surface area contributed by atoms with Gasteiger partial charge >= 0.3 is 0 Å². The molecule has 0 spiro atoms. The standard InChI is InChI=1S/C23H22N6O3S/c1-27-14-19(13-25-27)16-2-6-20(7-3-16)28-11-10-18-12-26-29(22(18)15-28)33(31,32)21-8-4-17(5-9-21)23(24)30/h2-9,12-14H,10-11,15H2,1H3,(H2,24,30). The molecule has 10 heteroatoms. The average Bonchev–Trinajstić information content (AvgIpc) is 3.45. The summed E-state index contributed by atoms with van der Waals surface area (Å²) in [6, 6.07) is 13.7. The Bertz CT molecular complexity index is 1440. The lowest BCUT2D eigenvalue weighted by Crippen LogP contribution is -2.32. The third-order valence-electron chi connectivity index (χ3n) is 5.85. The van der Waals surface area contributed by atoms with Crippen LogP contribution in [0.25, 0.3) is 11.1 Å². The van der Waals surface area contributed by atoms with Crippen LogP contribution in [0, 0.1) is 0 Å². The van der Waals surface area contributed by atoms with Gasteiger partial charge in [0, 0.05) is 36.6 Å². The van der Waals surface area contributed by atoms with Gasteiger partial charge in [0.2, 0.25) is 5.91 Å². The molecule has 9 nitrogen and oxygen atoms in total. The molecule has 2 N–H and O–H groups in total. The van der Waals surface area contributed by atoms with Crippen LogP contribution >= 0.6 is 0 Å². The van der Waals surface area contributed by atoms with Gasteiger partial charge in [0.25, 0.3) is 10.0 Å². The Morgan fingerprint density at radius 1 is 0.970 bits per heavy atom. The summed E-state index contributed by atoms with van der Waals surface area (Å²) in [6.45, 7) is 1.18. The minimum atomic E-state index is -3.91. The predicted octanol–water partition coefficient (Wildman–Crippen LogP) is 2.18. The quantitative estimate of drug-likeness (QED) is 0.486. The third kappa shape index (κ3) is 3.78. The van der Waals surface area contributed by atoms with E-state index in [2.05, 4.69) is 15.1 Å². The number of carbonyl (C=O) groups is 1. The second kappa shape index (κ2) is 7.89. The van der Waals surface area contributed by atoms with Crippen LogP contribution in [-0.2, 0) is 30.0 Å². The van der Waals surface area contributed by atoms with Crippen molar-refractivity contribution >= 4 is 21.6 Å². The molecule has 168 valence electrons. The van der Waals surface area contributed by atoms with Crippen molar-refractivity contribution in [3.05, 3.63) is 83.9 Å². The molecule has 0 saturated heterocycles. The largest absolute Gasteiger partial charge is 0.366 e. The summed E-state index contributed by atoms with van der Waals surface area (Å²) in [7, 11) is -2.03. The molecule has 5 rings (SSSR count). The fraction of sp³-hybridized carbons (Fsp3) is 0.174. The van der Waals surface area contributed by atoms with Crippen molar-refractivity contribution in [1.29, 1.82) is 0 Å². The zero-order chi connectivity index (χ0) is 23.2. The zero-order valence-electron chi connectivity index (χ0n) is 17.9. The molecule has 33 heavy (non-hydrogen) atoms. The van der Waals surface area contributed by atoms with Crippen molar-refractivity contribution in [2.75, 3.05) is 11.4 Å². The lowest BCUT2D eigenvalue weighted by molar-refractivity contribution is 0.1000.